The molecule has 0 aliphatic heterocycles. The van der Waals surface area contributed by atoms with Gasteiger partial charge in [-0.05, 0) is 18.2 Å². The number of ether oxygens (including phenoxy) is 1. The number of hydrogen-bond acceptors (Lipinski definition) is 3. The highest BCUT2D eigenvalue weighted by Gasteiger charge is 2.02. The van der Waals surface area contributed by atoms with E-state index in [1.165, 1.54) is 0 Å². The summed E-state index contributed by atoms with van der Waals surface area (Å²) in [6.45, 7) is 1.56. The van der Waals surface area contributed by atoms with E-state index in [-0.39, 0.29) is 12.4 Å². The van der Waals surface area contributed by atoms with Gasteiger partial charge < -0.3 is 28.6 Å². The molecule has 5 nitrogen and oxygen atoms in total. The highest BCUT2D eigenvalue weighted by Crippen LogP contribution is 2.23. The lowest BCUT2D eigenvalue weighted by molar-refractivity contribution is -0.671. The van der Waals surface area contributed by atoms with Crippen molar-refractivity contribution in [1.29, 1.82) is 0 Å². The maximum atomic E-state index is 5.80. The van der Waals surface area contributed by atoms with Crippen molar-refractivity contribution in [3.05, 3.63) is 36.9 Å². The van der Waals surface area contributed by atoms with E-state index in [9.17, 15) is 0 Å². The predicted octanol–water partition coefficient (Wildman–Crippen LogP) is -2.05. The van der Waals surface area contributed by atoms with Crippen LogP contribution in [0, 0.1) is 0 Å². The summed E-state index contributed by atoms with van der Waals surface area (Å²) in [5.41, 5.74) is 12.7. The number of anilines is 2. The van der Waals surface area contributed by atoms with Gasteiger partial charge in [0.1, 0.15) is 18.1 Å². The number of halogens is 1. The van der Waals surface area contributed by atoms with E-state index in [0.717, 1.165) is 13.0 Å². The zero-order valence-electron chi connectivity index (χ0n) is 10.9. The van der Waals surface area contributed by atoms with Crippen molar-refractivity contribution in [2.45, 2.75) is 13.0 Å². The van der Waals surface area contributed by atoms with Gasteiger partial charge in [0.25, 0.3) is 0 Å². The number of imidazole rings is 1. The number of nitrogens with zero attached hydrogens (tertiary/aromatic N) is 2. The van der Waals surface area contributed by atoms with Gasteiger partial charge in [-0.3, -0.25) is 0 Å². The van der Waals surface area contributed by atoms with E-state index in [4.69, 9.17) is 16.2 Å². The second-order valence-electron chi connectivity index (χ2n) is 4.32. The zero-order chi connectivity index (χ0) is 13.0. The van der Waals surface area contributed by atoms with Gasteiger partial charge in [0.15, 0.2) is 0 Å². The second-order valence-corrected chi connectivity index (χ2v) is 4.32. The minimum atomic E-state index is 0. The smallest absolute Gasteiger partial charge is 0.243 e. The molecule has 0 radical (unpaired) electrons. The first-order valence-corrected chi connectivity index (χ1v) is 5.94. The van der Waals surface area contributed by atoms with Gasteiger partial charge in [0, 0.05) is 12.1 Å². The molecule has 0 bridgehead atoms. The van der Waals surface area contributed by atoms with E-state index in [2.05, 4.69) is 4.57 Å². The lowest BCUT2D eigenvalue weighted by Crippen LogP contribution is -3.00. The Morgan fingerprint density at radius 3 is 2.74 bits per heavy atom. The van der Waals surface area contributed by atoms with Crippen LogP contribution in [0.3, 0.4) is 0 Å². The molecule has 0 fully saturated rings. The molecule has 0 aliphatic rings. The van der Waals surface area contributed by atoms with E-state index in [0.29, 0.717) is 23.7 Å². The van der Waals surface area contributed by atoms with Gasteiger partial charge in [-0.1, -0.05) is 0 Å². The van der Waals surface area contributed by atoms with E-state index in [1.807, 2.05) is 30.3 Å². The van der Waals surface area contributed by atoms with Gasteiger partial charge in [0.2, 0.25) is 6.33 Å². The molecular weight excluding hydrogens is 264 g/mol. The molecule has 19 heavy (non-hydrogen) atoms. The molecule has 0 saturated carbocycles. The number of rotatable bonds is 5. The van der Waals surface area contributed by atoms with Crippen molar-refractivity contribution in [3.63, 3.8) is 0 Å². The molecular formula is C13H19ClN4O. The largest absolute Gasteiger partial charge is 1.00 e. The fourth-order valence-electron chi connectivity index (χ4n) is 1.76. The Morgan fingerprint density at radius 1 is 1.32 bits per heavy atom. The Kier molecular flexibility index (Phi) is 5.51. The molecule has 0 saturated heterocycles. The third-order valence-electron chi connectivity index (χ3n) is 2.68. The maximum Gasteiger partial charge on any atom is 0.243 e. The van der Waals surface area contributed by atoms with Crippen LogP contribution in [0.15, 0.2) is 36.9 Å². The lowest BCUT2D eigenvalue weighted by Gasteiger charge is -2.08. The summed E-state index contributed by atoms with van der Waals surface area (Å²) in [4.78, 5) is 0. The molecule has 0 unspecified atom stereocenters. The quantitative estimate of drug-likeness (QED) is 0.377. The van der Waals surface area contributed by atoms with E-state index in [1.54, 1.807) is 18.2 Å². The van der Waals surface area contributed by atoms with Crippen LogP contribution in [-0.2, 0) is 13.6 Å². The van der Waals surface area contributed by atoms with Crippen LogP contribution >= 0.6 is 0 Å². The number of nitrogen functional groups attached to an aromatic ring is 2. The second kappa shape index (κ2) is 6.89. The summed E-state index contributed by atoms with van der Waals surface area (Å²) in [7, 11) is 2.00. The van der Waals surface area contributed by atoms with Crippen molar-refractivity contribution >= 4 is 11.4 Å². The highest BCUT2D eigenvalue weighted by molar-refractivity contribution is 5.60. The Bertz CT molecular complexity index is 527. The van der Waals surface area contributed by atoms with E-state index >= 15 is 0 Å². The number of aromatic nitrogens is 2. The van der Waals surface area contributed by atoms with Gasteiger partial charge in [0.05, 0.1) is 25.9 Å². The van der Waals surface area contributed by atoms with Gasteiger partial charge in [-0.2, -0.15) is 0 Å². The van der Waals surface area contributed by atoms with Crippen LogP contribution in [0.25, 0.3) is 0 Å². The molecule has 1 aromatic carbocycles. The molecule has 0 aliphatic carbocycles. The number of benzene rings is 1. The predicted molar refractivity (Wildman–Crippen MR) is 71.0 cm³/mol. The molecule has 1 heterocycles. The van der Waals surface area contributed by atoms with Crippen LogP contribution in [0.1, 0.15) is 6.42 Å². The van der Waals surface area contributed by atoms with E-state index < -0.39 is 0 Å². The number of nitrogens with two attached hydrogens (primary N) is 2. The average molecular weight is 283 g/mol. The summed E-state index contributed by atoms with van der Waals surface area (Å²) < 4.78 is 9.75. The molecule has 104 valence electrons. The molecule has 0 amide bonds. The molecule has 0 atom stereocenters. The number of aryl methyl sites for hydroxylation is 2. The fourth-order valence-corrected chi connectivity index (χ4v) is 1.76. The fraction of sp³-hybridized carbons (Fsp3) is 0.308. The summed E-state index contributed by atoms with van der Waals surface area (Å²) in [5.74, 6) is 0.697. The van der Waals surface area contributed by atoms with Crippen molar-refractivity contribution in [3.8, 4) is 5.75 Å². The van der Waals surface area contributed by atoms with Crippen LogP contribution in [0.2, 0.25) is 0 Å². The van der Waals surface area contributed by atoms with Gasteiger partial charge >= 0.3 is 0 Å². The third-order valence-corrected chi connectivity index (χ3v) is 2.68. The van der Waals surface area contributed by atoms with Crippen molar-refractivity contribution in [2.24, 2.45) is 7.05 Å². The van der Waals surface area contributed by atoms with Crippen molar-refractivity contribution in [2.75, 3.05) is 18.1 Å². The minimum absolute atomic E-state index is 0. The standard InChI is InChI=1S/C13H19N4O.ClH/c1-16-6-7-17(10-16)5-2-8-18-13-4-3-11(14)9-12(13)15;/h3-4,6-7,9-10H,2,5,8,14-15H2,1H3;1H/q+1;/p-1. The van der Waals surface area contributed by atoms with Crippen LogP contribution in [-0.4, -0.2) is 11.2 Å². The van der Waals surface area contributed by atoms with Gasteiger partial charge in [-0.15, -0.1) is 0 Å². The topological polar surface area (TPSA) is 70.1 Å². The van der Waals surface area contributed by atoms with Crippen LogP contribution in [0.4, 0.5) is 11.4 Å². The first-order chi connectivity index (χ1) is 8.65. The molecule has 4 N–H and O–H groups in total. The van der Waals surface area contributed by atoms with Crippen molar-refractivity contribution < 1.29 is 21.7 Å². The molecule has 2 aromatic rings. The Hall–Kier alpha value is -1.88. The number of hydrogen-bond donors (Lipinski definition) is 2. The van der Waals surface area contributed by atoms with Gasteiger partial charge in [-0.25, -0.2) is 9.13 Å². The first kappa shape index (κ1) is 15.2. The Balaban J connectivity index is 0.00000180. The monoisotopic (exact) mass is 282 g/mol. The summed E-state index contributed by atoms with van der Waals surface area (Å²) in [5, 5.41) is 0. The Morgan fingerprint density at radius 2 is 2.11 bits per heavy atom. The summed E-state index contributed by atoms with van der Waals surface area (Å²) in [6, 6.07) is 5.30. The third kappa shape index (κ3) is 4.37. The molecule has 6 heteroatoms. The summed E-state index contributed by atoms with van der Waals surface area (Å²) >= 11 is 0. The van der Waals surface area contributed by atoms with Crippen molar-refractivity contribution in [1.82, 2.24) is 4.57 Å². The zero-order valence-corrected chi connectivity index (χ0v) is 11.7. The molecule has 0 spiro atoms. The molecule has 2 rings (SSSR count). The maximum absolute atomic E-state index is 5.80. The van der Waals surface area contributed by atoms with Crippen LogP contribution in [0.5, 0.6) is 5.75 Å². The average Bonchev–Trinajstić information content (AvgIpc) is 2.73. The summed E-state index contributed by atoms with van der Waals surface area (Å²) in [6.07, 6.45) is 7.02. The highest BCUT2D eigenvalue weighted by atomic mass is 35.5. The lowest BCUT2D eigenvalue weighted by atomic mass is 10.2. The Labute approximate surface area is 119 Å². The van der Waals surface area contributed by atoms with Crippen LogP contribution < -0.4 is 33.2 Å². The first-order valence-electron chi connectivity index (χ1n) is 5.94. The SMILES string of the molecule is C[n+]1ccn(CCCOc2ccc(N)cc2N)c1.[Cl-]. The molecule has 1 aromatic heterocycles. The minimum Gasteiger partial charge on any atom is -1.00 e. The normalized spacial score (nSPS) is 9.95.